The average Bonchev–Trinajstić information content (AvgIpc) is 2.78. The van der Waals surface area contributed by atoms with Gasteiger partial charge in [-0.05, 0) is 40.8 Å². The van der Waals surface area contributed by atoms with Crippen molar-refractivity contribution in [1.82, 2.24) is 0 Å². The number of fused-ring (bicyclic) bond motifs is 1. The highest BCUT2D eigenvalue weighted by atomic mass is 16.6. The molecule has 6 nitrogen and oxygen atoms in total. The van der Waals surface area contributed by atoms with Crippen LogP contribution in [0.25, 0.3) is 22.3 Å². The third kappa shape index (κ3) is 4.25. The van der Waals surface area contributed by atoms with Gasteiger partial charge in [0.2, 0.25) is 11.2 Å². The first-order valence-corrected chi connectivity index (χ1v) is 10.3. The molecule has 0 amide bonds. The van der Waals surface area contributed by atoms with Crippen molar-refractivity contribution in [2.24, 2.45) is 0 Å². The van der Waals surface area contributed by atoms with Crippen molar-refractivity contribution in [3.05, 3.63) is 104 Å². The molecule has 0 aliphatic carbocycles. The number of ether oxygens (including phenoxy) is 1. The first-order chi connectivity index (χ1) is 15.2. The van der Waals surface area contributed by atoms with Crippen LogP contribution in [0.5, 0.6) is 5.75 Å². The van der Waals surface area contributed by atoms with E-state index in [1.54, 1.807) is 30.3 Å². The Balaban J connectivity index is 1.75. The zero-order valence-corrected chi connectivity index (χ0v) is 18.1. The molecule has 0 aliphatic heterocycles. The Hall–Kier alpha value is -3.93. The number of benzene rings is 3. The highest BCUT2D eigenvalue weighted by Gasteiger charge is 2.19. The molecule has 0 spiro atoms. The average molecular weight is 429 g/mol. The fraction of sp³-hybridized carbons (Fsp3) is 0.192. The predicted molar refractivity (Wildman–Crippen MR) is 124 cm³/mol. The maximum absolute atomic E-state index is 13.2. The fourth-order valence-corrected chi connectivity index (χ4v) is 3.44. The van der Waals surface area contributed by atoms with Gasteiger partial charge in [0.25, 0.3) is 5.69 Å². The number of para-hydroxylation sites is 1. The minimum atomic E-state index is -0.456. The molecule has 0 aliphatic rings. The SMILES string of the molecule is CC(C)(C)c1ccc(-c2oc3ccccc3c(=O)c2OCc2ccc([N+](=O)[O-])cc2)cc1. The van der Waals surface area contributed by atoms with Crippen LogP contribution in [-0.2, 0) is 12.0 Å². The summed E-state index contributed by atoms with van der Waals surface area (Å²) in [4.78, 5) is 23.7. The molecular formula is C26H23NO5. The van der Waals surface area contributed by atoms with E-state index in [0.29, 0.717) is 22.3 Å². The van der Waals surface area contributed by atoms with Gasteiger partial charge < -0.3 is 9.15 Å². The normalized spacial score (nSPS) is 11.5. The first kappa shape index (κ1) is 21.3. The minimum Gasteiger partial charge on any atom is -0.481 e. The van der Waals surface area contributed by atoms with Crippen molar-refractivity contribution in [3.8, 4) is 17.1 Å². The molecule has 3 aromatic carbocycles. The monoisotopic (exact) mass is 429 g/mol. The van der Waals surface area contributed by atoms with E-state index in [4.69, 9.17) is 9.15 Å². The van der Waals surface area contributed by atoms with E-state index in [0.717, 1.165) is 11.1 Å². The second kappa shape index (κ2) is 8.30. The molecule has 6 heteroatoms. The van der Waals surface area contributed by atoms with Gasteiger partial charge in [0.15, 0.2) is 5.76 Å². The van der Waals surface area contributed by atoms with E-state index in [1.807, 2.05) is 30.3 Å². The zero-order chi connectivity index (χ0) is 22.9. The Labute approximate surface area is 185 Å². The Morgan fingerprint density at radius 2 is 1.59 bits per heavy atom. The van der Waals surface area contributed by atoms with Gasteiger partial charge >= 0.3 is 0 Å². The van der Waals surface area contributed by atoms with E-state index in [2.05, 4.69) is 20.8 Å². The molecule has 0 saturated carbocycles. The third-order valence-electron chi connectivity index (χ3n) is 5.30. The Kier molecular flexibility index (Phi) is 5.53. The molecule has 1 heterocycles. The predicted octanol–water partition coefficient (Wildman–Crippen LogP) is 6.24. The van der Waals surface area contributed by atoms with Gasteiger partial charge in [-0.15, -0.1) is 0 Å². The van der Waals surface area contributed by atoms with Crippen molar-refractivity contribution in [2.45, 2.75) is 32.8 Å². The number of nitro groups is 1. The highest BCUT2D eigenvalue weighted by molar-refractivity contribution is 5.82. The summed E-state index contributed by atoms with van der Waals surface area (Å²) in [5.74, 6) is 0.474. The summed E-state index contributed by atoms with van der Waals surface area (Å²) in [6.45, 7) is 6.48. The van der Waals surface area contributed by atoms with Crippen molar-refractivity contribution in [1.29, 1.82) is 0 Å². The van der Waals surface area contributed by atoms with Crippen LogP contribution in [0, 0.1) is 10.1 Å². The van der Waals surface area contributed by atoms with Gasteiger partial charge in [-0.1, -0.05) is 57.2 Å². The van der Waals surface area contributed by atoms with Gasteiger partial charge in [0, 0.05) is 17.7 Å². The zero-order valence-electron chi connectivity index (χ0n) is 18.1. The summed E-state index contributed by atoms with van der Waals surface area (Å²) >= 11 is 0. The summed E-state index contributed by atoms with van der Waals surface area (Å²) in [5.41, 5.74) is 2.82. The van der Waals surface area contributed by atoms with Crippen LogP contribution < -0.4 is 10.2 Å². The maximum atomic E-state index is 13.2. The second-order valence-corrected chi connectivity index (χ2v) is 8.63. The Morgan fingerprint density at radius 1 is 0.938 bits per heavy atom. The van der Waals surface area contributed by atoms with Crippen LogP contribution in [0.2, 0.25) is 0 Å². The summed E-state index contributed by atoms with van der Waals surface area (Å²) in [7, 11) is 0. The number of nitro benzene ring substituents is 1. The van der Waals surface area contributed by atoms with E-state index < -0.39 is 4.92 Å². The van der Waals surface area contributed by atoms with E-state index >= 15 is 0 Å². The minimum absolute atomic E-state index is 0.00130. The second-order valence-electron chi connectivity index (χ2n) is 8.63. The molecule has 0 saturated heterocycles. The molecule has 4 rings (SSSR count). The molecular weight excluding hydrogens is 406 g/mol. The molecule has 32 heavy (non-hydrogen) atoms. The molecule has 0 fully saturated rings. The summed E-state index contributed by atoms with van der Waals surface area (Å²) in [6.07, 6.45) is 0. The van der Waals surface area contributed by atoms with Crippen LogP contribution in [0.3, 0.4) is 0 Å². The lowest BCUT2D eigenvalue weighted by Crippen LogP contribution is -2.11. The molecule has 0 N–H and O–H groups in total. The maximum Gasteiger partial charge on any atom is 0.269 e. The van der Waals surface area contributed by atoms with Gasteiger partial charge in [0.1, 0.15) is 12.2 Å². The first-order valence-electron chi connectivity index (χ1n) is 10.3. The number of non-ortho nitro benzene ring substituents is 1. The van der Waals surface area contributed by atoms with Crippen LogP contribution in [0.4, 0.5) is 5.69 Å². The number of hydrogen-bond acceptors (Lipinski definition) is 5. The van der Waals surface area contributed by atoms with Gasteiger partial charge in [-0.2, -0.15) is 0 Å². The molecule has 4 aromatic rings. The van der Waals surface area contributed by atoms with E-state index in [1.165, 1.54) is 12.1 Å². The van der Waals surface area contributed by atoms with Crippen LogP contribution in [0.1, 0.15) is 31.9 Å². The molecule has 1 aromatic heterocycles. The number of rotatable bonds is 5. The fourth-order valence-electron chi connectivity index (χ4n) is 3.44. The molecule has 162 valence electrons. The standard InChI is InChI=1S/C26H23NO5/c1-26(2,3)19-12-10-18(11-13-19)24-25(23(28)21-6-4-5-7-22(21)32-24)31-16-17-8-14-20(15-9-17)27(29)30/h4-15H,16H2,1-3H3. The smallest absolute Gasteiger partial charge is 0.269 e. The van der Waals surface area contributed by atoms with Crippen molar-refractivity contribution in [3.63, 3.8) is 0 Å². The van der Waals surface area contributed by atoms with Crippen molar-refractivity contribution >= 4 is 16.7 Å². The summed E-state index contributed by atoms with van der Waals surface area (Å²) in [5, 5.41) is 11.3. The summed E-state index contributed by atoms with van der Waals surface area (Å²) in [6, 6.07) is 21.0. The Morgan fingerprint density at radius 3 is 2.22 bits per heavy atom. The number of nitrogens with zero attached hydrogens (tertiary/aromatic N) is 1. The van der Waals surface area contributed by atoms with E-state index in [-0.39, 0.29) is 28.9 Å². The van der Waals surface area contributed by atoms with Gasteiger partial charge in [-0.25, -0.2) is 0 Å². The van der Waals surface area contributed by atoms with Crippen LogP contribution in [-0.4, -0.2) is 4.92 Å². The van der Waals surface area contributed by atoms with Crippen molar-refractivity contribution in [2.75, 3.05) is 0 Å². The lowest BCUT2D eigenvalue weighted by Gasteiger charge is -2.19. The lowest BCUT2D eigenvalue weighted by molar-refractivity contribution is -0.384. The third-order valence-corrected chi connectivity index (χ3v) is 5.30. The largest absolute Gasteiger partial charge is 0.481 e. The Bertz CT molecular complexity index is 1330. The van der Waals surface area contributed by atoms with Gasteiger partial charge in [-0.3, -0.25) is 14.9 Å². The van der Waals surface area contributed by atoms with E-state index in [9.17, 15) is 14.9 Å². The highest BCUT2D eigenvalue weighted by Crippen LogP contribution is 2.33. The lowest BCUT2D eigenvalue weighted by atomic mass is 9.86. The summed E-state index contributed by atoms with van der Waals surface area (Å²) < 4.78 is 12.0. The van der Waals surface area contributed by atoms with Gasteiger partial charge in [0.05, 0.1) is 10.3 Å². The molecule has 0 atom stereocenters. The van der Waals surface area contributed by atoms with Crippen molar-refractivity contribution < 1.29 is 14.1 Å². The number of hydrogen-bond donors (Lipinski definition) is 0. The molecule has 0 bridgehead atoms. The topological polar surface area (TPSA) is 82.6 Å². The van der Waals surface area contributed by atoms with Crippen LogP contribution >= 0.6 is 0 Å². The molecule has 0 unspecified atom stereocenters. The quantitative estimate of drug-likeness (QED) is 0.277. The molecule has 0 radical (unpaired) electrons. The van der Waals surface area contributed by atoms with Crippen LogP contribution in [0.15, 0.2) is 82.0 Å².